The van der Waals surface area contributed by atoms with Gasteiger partial charge in [0.15, 0.2) is 5.76 Å². The van der Waals surface area contributed by atoms with Crippen LogP contribution in [0.15, 0.2) is 22.7 Å². The van der Waals surface area contributed by atoms with Crippen molar-refractivity contribution in [3.63, 3.8) is 0 Å². The molecule has 2 aromatic rings. The summed E-state index contributed by atoms with van der Waals surface area (Å²) < 4.78 is 5.48. The van der Waals surface area contributed by atoms with Crippen molar-refractivity contribution in [3.8, 4) is 11.3 Å². The van der Waals surface area contributed by atoms with E-state index in [-0.39, 0.29) is 0 Å². The number of aromatic nitrogens is 1. The first-order chi connectivity index (χ1) is 8.00. The zero-order valence-corrected chi connectivity index (χ0v) is 11.2. The van der Waals surface area contributed by atoms with E-state index in [0.717, 1.165) is 17.0 Å². The Morgan fingerprint density at radius 1 is 1.12 bits per heavy atom. The second kappa shape index (κ2) is 4.36. The topological polar surface area (TPSA) is 26.0 Å². The van der Waals surface area contributed by atoms with Gasteiger partial charge in [-0.05, 0) is 38.3 Å². The number of rotatable bonds is 2. The fourth-order valence-electron chi connectivity index (χ4n) is 2.04. The van der Waals surface area contributed by atoms with Crippen LogP contribution < -0.4 is 0 Å². The Kier molecular flexibility index (Phi) is 3.05. The molecule has 1 aromatic carbocycles. The highest BCUT2D eigenvalue weighted by Gasteiger charge is 2.16. The lowest BCUT2D eigenvalue weighted by Gasteiger charge is -2.12. The summed E-state index contributed by atoms with van der Waals surface area (Å²) in [6.45, 7) is 10.5. The van der Waals surface area contributed by atoms with Gasteiger partial charge in [0.05, 0.1) is 5.69 Å². The SMILES string of the molecule is Cc1ccc(C(C)C)c(-c2onc(C)c2C)c1. The highest BCUT2D eigenvalue weighted by atomic mass is 16.5. The van der Waals surface area contributed by atoms with Gasteiger partial charge in [-0.2, -0.15) is 0 Å². The second-order valence-corrected chi connectivity index (χ2v) is 4.97. The molecule has 0 aliphatic carbocycles. The lowest BCUT2D eigenvalue weighted by Crippen LogP contribution is -1.93. The van der Waals surface area contributed by atoms with E-state index in [1.165, 1.54) is 16.7 Å². The number of hydrogen-bond donors (Lipinski definition) is 0. The van der Waals surface area contributed by atoms with Crippen molar-refractivity contribution in [2.75, 3.05) is 0 Å². The van der Waals surface area contributed by atoms with E-state index in [9.17, 15) is 0 Å². The molecule has 0 N–H and O–H groups in total. The third-order valence-electron chi connectivity index (χ3n) is 3.23. The maximum atomic E-state index is 5.48. The van der Waals surface area contributed by atoms with Crippen LogP contribution >= 0.6 is 0 Å². The van der Waals surface area contributed by atoms with Gasteiger partial charge in [0, 0.05) is 11.1 Å². The van der Waals surface area contributed by atoms with Gasteiger partial charge in [0.25, 0.3) is 0 Å². The summed E-state index contributed by atoms with van der Waals surface area (Å²) in [5, 5.41) is 4.05. The molecule has 0 aliphatic heterocycles. The van der Waals surface area contributed by atoms with E-state index in [0.29, 0.717) is 5.92 Å². The van der Waals surface area contributed by atoms with E-state index < -0.39 is 0 Å². The first kappa shape index (κ1) is 11.9. The Morgan fingerprint density at radius 3 is 2.35 bits per heavy atom. The average molecular weight is 229 g/mol. The molecule has 0 aliphatic rings. The predicted molar refractivity (Wildman–Crippen MR) is 70.2 cm³/mol. The fourth-order valence-corrected chi connectivity index (χ4v) is 2.04. The van der Waals surface area contributed by atoms with E-state index in [2.05, 4.69) is 51.1 Å². The highest BCUT2D eigenvalue weighted by Crippen LogP contribution is 2.33. The van der Waals surface area contributed by atoms with Crippen LogP contribution in [0.2, 0.25) is 0 Å². The lowest BCUT2D eigenvalue weighted by molar-refractivity contribution is 0.426. The molecule has 90 valence electrons. The van der Waals surface area contributed by atoms with Gasteiger partial charge in [-0.1, -0.05) is 36.7 Å². The zero-order valence-electron chi connectivity index (χ0n) is 11.2. The minimum Gasteiger partial charge on any atom is -0.356 e. The largest absolute Gasteiger partial charge is 0.356 e. The first-order valence-corrected chi connectivity index (χ1v) is 6.04. The summed E-state index contributed by atoms with van der Waals surface area (Å²) in [6, 6.07) is 6.52. The monoisotopic (exact) mass is 229 g/mol. The van der Waals surface area contributed by atoms with Gasteiger partial charge < -0.3 is 4.52 Å². The Bertz CT molecular complexity index is 538. The van der Waals surface area contributed by atoms with Crippen molar-refractivity contribution in [2.24, 2.45) is 0 Å². The lowest BCUT2D eigenvalue weighted by atomic mass is 9.93. The second-order valence-electron chi connectivity index (χ2n) is 4.97. The van der Waals surface area contributed by atoms with Crippen molar-refractivity contribution < 1.29 is 4.52 Å². The molecule has 0 fully saturated rings. The molecule has 2 rings (SSSR count). The van der Waals surface area contributed by atoms with Crippen LogP contribution in [-0.4, -0.2) is 5.16 Å². The molecule has 1 heterocycles. The van der Waals surface area contributed by atoms with E-state index in [4.69, 9.17) is 4.52 Å². The molecule has 0 radical (unpaired) electrons. The van der Waals surface area contributed by atoms with Gasteiger partial charge in [0.2, 0.25) is 0 Å². The van der Waals surface area contributed by atoms with Crippen LogP contribution in [0, 0.1) is 20.8 Å². The molecule has 2 heteroatoms. The van der Waals surface area contributed by atoms with Gasteiger partial charge in [0.1, 0.15) is 0 Å². The summed E-state index contributed by atoms with van der Waals surface area (Å²) in [6.07, 6.45) is 0. The average Bonchev–Trinajstić information content (AvgIpc) is 2.59. The third-order valence-corrected chi connectivity index (χ3v) is 3.23. The van der Waals surface area contributed by atoms with Crippen LogP contribution in [-0.2, 0) is 0 Å². The summed E-state index contributed by atoms with van der Waals surface area (Å²) in [5.74, 6) is 1.39. The van der Waals surface area contributed by atoms with E-state index >= 15 is 0 Å². The molecule has 0 spiro atoms. The summed E-state index contributed by atoms with van der Waals surface area (Å²) >= 11 is 0. The first-order valence-electron chi connectivity index (χ1n) is 6.04. The maximum Gasteiger partial charge on any atom is 0.170 e. The normalized spacial score (nSPS) is 11.2. The van der Waals surface area contributed by atoms with Gasteiger partial charge >= 0.3 is 0 Å². The van der Waals surface area contributed by atoms with Crippen molar-refractivity contribution in [3.05, 3.63) is 40.6 Å². The fraction of sp³-hybridized carbons (Fsp3) is 0.400. The van der Waals surface area contributed by atoms with Crippen molar-refractivity contribution >= 4 is 0 Å². The van der Waals surface area contributed by atoms with Crippen LogP contribution in [0.3, 0.4) is 0 Å². The summed E-state index contributed by atoms with van der Waals surface area (Å²) in [4.78, 5) is 0. The standard InChI is InChI=1S/C15H19NO/c1-9(2)13-7-6-10(3)8-14(13)15-11(4)12(5)16-17-15/h6-9H,1-5H3. The Labute approximate surface area is 103 Å². The molecule has 0 unspecified atom stereocenters. The summed E-state index contributed by atoms with van der Waals surface area (Å²) in [5.41, 5.74) is 5.85. The number of aryl methyl sites for hydroxylation is 2. The predicted octanol–water partition coefficient (Wildman–Crippen LogP) is 4.39. The van der Waals surface area contributed by atoms with Crippen molar-refractivity contribution in [1.29, 1.82) is 0 Å². The highest BCUT2D eigenvalue weighted by molar-refractivity contribution is 5.67. The Morgan fingerprint density at radius 2 is 1.82 bits per heavy atom. The number of benzene rings is 1. The molecule has 17 heavy (non-hydrogen) atoms. The van der Waals surface area contributed by atoms with Crippen LogP contribution in [0.4, 0.5) is 0 Å². The molecular formula is C15H19NO. The van der Waals surface area contributed by atoms with Gasteiger partial charge in [-0.3, -0.25) is 0 Å². The van der Waals surface area contributed by atoms with Crippen LogP contribution in [0.5, 0.6) is 0 Å². The zero-order chi connectivity index (χ0) is 12.6. The molecule has 1 aromatic heterocycles. The minimum absolute atomic E-state index is 0.482. The van der Waals surface area contributed by atoms with Gasteiger partial charge in [-0.15, -0.1) is 0 Å². The van der Waals surface area contributed by atoms with Crippen molar-refractivity contribution in [1.82, 2.24) is 5.16 Å². The molecule has 0 amide bonds. The quantitative estimate of drug-likeness (QED) is 0.763. The molecule has 0 saturated heterocycles. The number of hydrogen-bond acceptors (Lipinski definition) is 2. The minimum atomic E-state index is 0.482. The summed E-state index contributed by atoms with van der Waals surface area (Å²) in [7, 11) is 0. The van der Waals surface area contributed by atoms with E-state index in [1.807, 2.05) is 6.92 Å². The molecule has 2 nitrogen and oxygen atoms in total. The molecule has 0 bridgehead atoms. The van der Waals surface area contributed by atoms with Gasteiger partial charge in [-0.25, -0.2) is 0 Å². The maximum absolute atomic E-state index is 5.48. The smallest absolute Gasteiger partial charge is 0.170 e. The number of nitrogens with zero attached hydrogens (tertiary/aromatic N) is 1. The Balaban J connectivity index is 2.65. The van der Waals surface area contributed by atoms with E-state index in [1.54, 1.807) is 0 Å². The molecule has 0 atom stereocenters. The molecule has 0 saturated carbocycles. The van der Waals surface area contributed by atoms with Crippen molar-refractivity contribution in [2.45, 2.75) is 40.5 Å². The van der Waals surface area contributed by atoms with Crippen LogP contribution in [0.25, 0.3) is 11.3 Å². The molecular weight excluding hydrogens is 210 g/mol. The van der Waals surface area contributed by atoms with Crippen LogP contribution in [0.1, 0.15) is 42.1 Å². The third kappa shape index (κ3) is 2.12. The Hall–Kier alpha value is -1.57.